The minimum absolute atomic E-state index is 0.0142. The van der Waals surface area contributed by atoms with E-state index >= 15 is 0 Å². The van der Waals surface area contributed by atoms with Gasteiger partial charge in [-0.1, -0.05) is 29.5 Å². The summed E-state index contributed by atoms with van der Waals surface area (Å²) in [6.07, 6.45) is 4.80. The molecule has 6 nitrogen and oxygen atoms in total. The van der Waals surface area contributed by atoms with Crippen LogP contribution in [0.1, 0.15) is 40.5 Å². The quantitative estimate of drug-likeness (QED) is 0.910. The van der Waals surface area contributed by atoms with Gasteiger partial charge in [0.05, 0.1) is 12.2 Å². The Kier molecular flexibility index (Phi) is 3.83. The molecule has 2 aliphatic heterocycles. The summed E-state index contributed by atoms with van der Waals surface area (Å²) in [5.41, 5.74) is 3.04. The number of carbonyl (C=O) groups excluding carboxylic acids is 1. The van der Waals surface area contributed by atoms with Gasteiger partial charge in [-0.05, 0) is 43.5 Å². The van der Waals surface area contributed by atoms with Crippen LogP contribution in [0.2, 0.25) is 0 Å². The second-order valence-electron chi connectivity index (χ2n) is 6.31. The Balaban J connectivity index is 1.48. The highest BCUT2D eigenvalue weighted by Crippen LogP contribution is 2.21. The topological polar surface area (TPSA) is 63.1 Å². The zero-order valence-electron chi connectivity index (χ0n) is 13.1. The second-order valence-corrected chi connectivity index (χ2v) is 6.31. The van der Waals surface area contributed by atoms with Crippen LogP contribution in [0.3, 0.4) is 0 Å². The van der Waals surface area contributed by atoms with Gasteiger partial charge < -0.3 is 10.2 Å². The SMILES string of the molecule is O=C(c1cn(C2CCNCC2)nn1)N1CCc2ccccc2C1. The molecule has 1 aromatic heterocycles. The van der Waals surface area contributed by atoms with Crippen LogP contribution in [0.15, 0.2) is 30.5 Å². The van der Waals surface area contributed by atoms with Crippen molar-refractivity contribution in [1.82, 2.24) is 25.2 Å². The lowest BCUT2D eigenvalue weighted by Gasteiger charge is -2.28. The van der Waals surface area contributed by atoms with Crippen molar-refractivity contribution in [3.63, 3.8) is 0 Å². The average Bonchev–Trinajstić information content (AvgIpc) is 3.11. The number of rotatable bonds is 2. The monoisotopic (exact) mass is 311 g/mol. The van der Waals surface area contributed by atoms with Crippen molar-refractivity contribution in [2.24, 2.45) is 0 Å². The Morgan fingerprint density at radius 2 is 1.96 bits per heavy atom. The van der Waals surface area contributed by atoms with Crippen LogP contribution in [-0.2, 0) is 13.0 Å². The zero-order chi connectivity index (χ0) is 15.6. The molecule has 0 aliphatic carbocycles. The van der Waals surface area contributed by atoms with Gasteiger partial charge in [0.2, 0.25) is 0 Å². The lowest BCUT2D eigenvalue weighted by atomic mass is 10.00. The first-order chi connectivity index (χ1) is 11.3. The number of hydrogen-bond donors (Lipinski definition) is 1. The Hall–Kier alpha value is -2.21. The first-order valence-corrected chi connectivity index (χ1v) is 8.30. The summed E-state index contributed by atoms with van der Waals surface area (Å²) in [5.74, 6) is -0.0142. The van der Waals surface area contributed by atoms with Gasteiger partial charge in [-0.2, -0.15) is 0 Å². The van der Waals surface area contributed by atoms with Crippen molar-refractivity contribution in [3.8, 4) is 0 Å². The average molecular weight is 311 g/mol. The third-order valence-electron chi connectivity index (χ3n) is 4.83. The molecule has 1 aromatic carbocycles. The molecule has 0 bridgehead atoms. The Bertz CT molecular complexity index is 705. The van der Waals surface area contributed by atoms with Crippen molar-refractivity contribution in [3.05, 3.63) is 47.3 Å². The van der Waals surface area contributed by atoms with Crippen molar-refractivity contribution in [1.29, 1.82) is 0 Å². The number of amides is 1. The molecule has 120 valence electrons. The molecule has 1 N–H and O–H groups in total. The molecule has 4 rings (SSSR count). The molecule has 0 saturated carbocycles. The third kappa shape index (κ3) is 2.86. The molecule has 0 spiro atoms. The van der Waals surface area contributed by atoms with E-state index < -0.39 is 0 Å². The molecule has 3 heterocycles. The van der Waals surface area contributed by atoms with Gasteiger partial charge in [0, 0.05) is 13.1 Å². The Morgan fingerprint density at radius 3 is 2.78 bits per heavy atom. The minimum atomic E-state index is -0.0142. The van der Waals surface area contributed by atoms with E-state index in [-0.39, 0.29) is 5.91 Å². The molecule has 23 heavy (non-hydrogen) atoms. The standard InChI is InChI=1S/C17H21N5O/c23-17(21-10-7-13-3-1-2-4-14(13)11-21)16-12-22(20-19-16)15-5-8-18-9-6-15/h1-4,12,15,18H,5-11H2. The first-order valence-electron chi connectivity index (χ1n) is 8.30. The van der Waals surface area contributed by atoms with Gasteiger partial charge in [0.15, 0.2) is 5.69 Å². The fourth-order valence-corrected chi connectivity index (χ4v) is 3.46. The molecule has 2 aliphatic rings. The summed E-state index contributed by atoms with van der Waals surface area (Å²) in [5, 5.41) is 11.7. The Labute approximate surface area is 135 Å². The minimum Gasteiger partial charge on any atom is -0.333 e. The maximum absolute atomic E-state index is 12.7. The fourth-order valence-electron chi connectivity index (χ4n) is 3.46. The van der Waals surface area contributed by atoms with Crippen molar-refractivity contribution in [2.45, 2.75) is 31.8 Å². The zero-order valence-corrected chi connectivity index (χ0v) is 13.1. The Morgan fingerprint density at radius 1 is 1.17 bits per heavy atom. The molecule has 6 heteroatoms. The van der Waals surface area contributed by atoms with Gasteiger partial charge in [-0.3, -0.25) is 4.79 Å². The number of hydrogen-bond acceptors (Lipinski definition) is 4. The molecule has 1 saturated heterocycles. The van der Waals surface area contributed by atoms with Crippen molar-refractivity contribution >= 4 is 5.91 Å². The van der Waals surface area contributed by atoms with Gasteiger partial charge in [0.25, 0.3) is 5.91 Å². The summed E-state index contributed by atoms with van der Waals surface area (Å²) in [6, 6.07) is 8.68. The predicted molar refractivity (Wildman–Crippen MR) is 86.0 cm³/mol. The van der Waals surface area contributed by atoms with E-state index in [1.54, 1.807) is 0 Å². The van der Waals surface area contributed by atoms with Gasteiger partial charge in [-0.15, -0.1) is 5.10 Å². The van der Waals surface area contributed by atoms with Gasteiger partial charge in [-0.25, -0.2) is 4.68 Å². The molecule has 0 atom stereocenters. The number of benzene rings is 1. The molecule has 0 radical (unpaired) electrons. The highest BCUT2D eigenvalue weighted by molar-refractivity contribution is 5.92. The van der Waals surface area contributed by atoms with Crippen LogP contribution in [0.4, 0.5) is 0 Å². The number of nitrogens with zero attached hydrogens (tertiary/aromatic N) is 4. The first kappa shape index (κ1) is 14.4. The van der Waals surface area contributed by atoms with Crippen LogP contribution in [-0.4, -0.2) is 45.4 Å². The smallest absolute Gasteiger partial charge is 0.276 e. The number of fused-ring (bicyclic) bond motifs is 1. The molecular weight excluding hydrogens is 290 g/mol. The highest BCUT2D eigenvalue weighted by Gasteiger charge is 2.25. The maximum atomic E-state index is 12.7. The third-order valence-corrected chi connectivity index (χ3v) is 4.83. The van der Waals surface area contributed by atoms with E-state index in [0.29, 0.717) is 18.3 Å². The summed E-state index contributed by atoms with van der Waals surface area (Å²) >= 11 is 0. The van der Waals surface area contributed by atoms with E-state index in [0.717, 1.165) is 38.9 Å². The van der Waals surface area contributed by atoms with Crippen LogP contribution >= 0.6 is 0 Å². The van der Waals surface area contributed by atoms with Crippen LogP contribution in [0.5, 0.6) is 0 Å². The highest BCUT2D eigenvalue weighted by atomic mass is 16.2. The number of piperidine rings is 1. The summed E-state index contributed by atoms with van der Waals surface area (Å²) in [4.78, 5) is 14.6. The molecular formula is C17H21N5O. The second kappa shape index (κ2) is 6.12. The lowest BCUT2D eigenvalue weighted by molar-refractivity contribution is 0.0728. The van der Waals surface area contributed by atoms with E-state index in [2.05, 4.69) is 33.8 Å². The lowest BCUT2D eigenvalue weighted by Crippen LogP contribution is -2.36. The molecule has 0 unspecified atom stereocenters. The number of carbonyl (C=O) groups is 1. The maximum Gasteiger partial charge on any atom is 0.276 e. The van der Waals surface area contributed by atoms with Crippen LogP contribution in [0.25, 0.3) is 0 Å². The predicted octanol–water partition coefficient (Wildman–Crippen LogP) is 1.40. The van der Waals surface area contributed by atoms with Gasteiger partial charge >= 0.3 is 0 Å². The number of aromatic nitrogens is 3. The molecule has 2 aromatic rings. The fraction of sp³-hybridized carbons (Fsp3) is 0.471. The van der Waals surface area contributed by atoms with E-state index in [9.17, 15) is 4.79 Å². The van der Waals surface area contributed by atoms with Gasteiger partial charge in [0.1, 0.15) is 0 Å². The van der Waals surface area contributed by atoms with E-state index in [1.807, 2.05) is 21.8 Å². The van der Waals surface area contributed by atoms with E-state index in [4.69, 9.17) is 0 Å². The number of nitrogens with one attached hydrogen (secondary N) is 1. The van der Waals surface area contributed by atoms with Crippen molar-refractivity contribution in [2.75, 3.05) is 19.6 Å². The molecule has 1 amide bonds. The molecule has 1 fully saturated rings. The van der Waals surface area contributed by atoms with E-state index in [1.165, 1.54) is 11.1 Å². The largest absolute Gasteiger partial charge is 0.333 e. The summed E-state index contributed by atoms with van der Waals surface area (Å²) < 4.78 is 1.87. The van der Waals surface area contributed by atoms with Crippen LogP contribution in [0, 0.1) is 0 Å². The normalized spacial score (nSPS) is 18.7. The summed E-state index contributed by atoms with van der Waals surface area (Å²) in [6.45, 7) is 3.40. The summed E-state index contributed by atoms with van der Waals surface area (Å²) in [7, 11) is 0. The van der Waals surface area contributed by atoms with Crippen molar-refractivity contribution < 1.29 is 4.79 Å². The van der Waals surface area contributed by atoms with Crippen LogP contribution < -0.4 is 5.32 Å².